The predicted octanol–water partition coefficient (Wildman–Crippen LogP) is 3.22. The van der Waals surface area contributed by atoms with Crippen molar-refractivity contribution >= 4 is 17.7 Å². The zero-order valence-electron chi connectivity index (χ0n) is 13.8. The zero-order valence-corrected chi connectivity index (χ0v) is 14.6. The van der Waals surface area contributed by atoms with Crippen LogP contribution in [0.5, 0.6) is 0 Å². The average molecular weight is 331 g/mol. The Morgan fingerprint density at radius 1 is 1.26 bits per heavy atom. The molecule has 1 aromatic heterocycles. The molecule has 0 radical (unpaired) electrons. The van der Waals surface area contributed by atoms with Crippen LogP contribution in [-0.4, -0.2) is 27.7 Å². The molecule has 0 aliphatic heterocycles. The van der Waals surface area contributed by atoms with E-state index in [0.717, 1.165) is 28.6 Å². The highest BCUT2D eigenvalue weighted by Crippen LogP contribution is 2.55. The van der Waals surface area contributed by atoms with Crippen molar-refractivity contribution in [2.75, 3.05) is 6.26 Å². The maximum absolute atomic E-state index is 12.5. The van der Waals surface area contributed by atoms with E-state index >= 15 is 0 Å². The number of carbonyl (C=O) groups is 1. The van der Waals surface area contributed by atoms with E-state index < -0.39 is 0 Å². The molecule has 23 heavy (non-hydrogen) atoms. The second-order valence-electron chi connectivity index (χ2n) is 7.78. The summed E-state index contributed by atoms with van der Waals surface area (Å²) in [6.07, 6.45) is 12.9. The van der Waals surface area contributed by atoms with Crippen molar-refractivity contribution in [3.05, 3.63) is 18.0 Å². The fourth-order valence-electron chi connectivity index (χ4n) is 5.48. The van der Waals surface area contributed by atoms with Gasteiger partial charge in [-0.3, -0.25) is 4.79 Å². The lowest BCUT2D eigenvalue weighted by Gasteiger charge is -2.56. The summed E-state index contributed by atoms with van der Waals surface area (Å²) in [6.45, 7) is 0. The van der Waals surface area contributed by atoms with Crippen molar-refractivity contribution in [2.24, 2.45) is 17.8 Å². The van der Waals surface area contributed by atoms with Gasteiger partial charge in [-0.15, -0.1) is 0 Å². The molecule has 0 unspecified atom stereocenters. The van der Waals surface area contributed by atoms with Gasteiger partial charge in [-0.25, -0.2) is 9.97 Å². The normalized spacial score (nSPS) is 34.6. The van der Waals surface area contributed by atoms with Crippen LogP contribution in [0.1, 0.15) is 50.6 Å². The van der Waals surface area contributed by atoms with Gasteiger partial charge in [-0.05, 0) is 75.0 Å². The van der Waals surface area contributed by atoms with E-state index in [2.05, 4.69) is 15.3 Å². The molecule has 4 saturated carbocycles. The number of rotatable bonds is 5. The molecular formula is C18H25N3OS. The van der Waals surface area contributed by atoms with E-state index in [0.29, 0.717) is 12.8 Å². The van der Waals surface area contributed by atoms with Crippen LogP contribution in [0.15, 0.2) is 17.4 Å². The van der Waals surface area contributed by atoms with Crippen molar-refractivity contribution in [3.8, 4) is 0 Å². The molecular weight excluding hydrogens is 306 g/mol. The fourth-order valence-corrected chi connectivity index (χ4v) is 5.85. The molecule has 1 aromatic rings. The van der Waals surface area contributed by atoms with E-state index in [1.54, 1.807) is 6.20 Å². The third-order valence-electron chi connectivity index (χ3n) is 5.92. The molecule has 0 aromatic carbocycles. The largest absolute Gasteiger partial charge is 0.351 e. The second-order valence-corrected chi connectivity index (χ2v) is 8.55. The number of nitrogens with one attached hydrogen (secondary N) is 1. The molecule has 4 bridgehead atoms. The van der Waals surface area contributed by atoms with E-state index in [1.807, 2.05) is 12.3 Å². The summed E-state index contributed by atoms with van der Waals surface area (Å²) in [5.74, 6) is 2.81. The highest BCUT2D eigenvalue weighted by molar-refractivity contribution is 7.98. The Bertz CT molecular complexity index is 568. The second kappa shape index (κ2) is 6.08. The van der Waals surface area contributed by atoms with Gasteiger partial charge in [0, 0.05) is 23.9 Å². The average Bonchev–Trinajstić information content (AvgIpc) is 2.51. The van der Waals surface area contributed by atoms with E-state index in [4.69, 9.17) is 0 Å². The van der Waals surface area contributed by atoms with Crippen LogP contribution in [0.4, 0.5) is 0 Å². The smallest absolute Gasteiger partial charge is 0.220 e. The highest BCUT2D eigenvalue weighted by atomic mass is 32.2. The van der Waals surface area contributed by atoms with Crippen LogP contribution in [0, 0.1) is 17.8 Å². The maximum Gasteiger partial charge on any atom is 0.220 e. The van der Waals surface area contributed by atoms with Crippen molar-refractivity contribution in [1.29, 1.82) is 0 Å². The SMILES string of the molecule is CSc1nccc(CCC(=O)NC23CC4CC(CC(C4)C2)C3)n1. The number of aromatic nitrogens is 2. The fraction of sp³-hybridized carbons (Fsp3) is 0.722. The molecule has 4 fully saturated rings. The molecule has 1 amide bonds. The first-order valence-corrected chi connectivity index (χ1v) is 10.0. The molecule has 5 rings (SSSR count). The summed E-state index contributed by atoms with van der Waals surface area (Å²) in [5.41, 5.74) is 1.09. The Morgan fingerprint density at radius 2 is 1.91 bits per heavy atom. The van der Waals surface area contributed by atoms with Gasteiger partial charge < -0.3 is 5.32 Å². The lowest BCUT2D eigenvalue weighted by Crippen LogP contribution is -2.59. The van der Waals surface area contributed by atoms with E-state index in [1.165, 1.54) is 50.3 Å². The third-order valence-corrected chi connectivity index (χ3v) is 6.49. The first-order chi connectivity index (χ1) is 11.1. The zero-order chi connectivity index (χ0) is 15.9. The van der Waals surface area contributed by atoms with Gasteiger partial charge in [0.1, 0.15) is 0 Å². The number of thioether (sulfide) groups is 1. The molecule has 0 atom stereocenters. The van der Waals surface area contributed by atoms with Crippen LogP contribution < -0.4 is 5.32 Å². The van der Waals surface area contributed by atoms with Gasteiger partial charge in [0.2, 0.25) is 5.91 Å². The van der Waals surface area contributed by atoms with Crippen molar-refractivity contribution < 1.29 is 4.79 Å². The molecule has 5 heteroatoms. The van der Waals surface area contributed by atoms with E-state index in [-0.39, 0.29) is 11.4 Å². The van der Waals surface area contributed by atoms with Gasteiger partial charge in [0.05, 0.1) is 0 Å². The van der Waals surface area contributed by atoms with Crippen molar-refractivity contribution in [1.82, 2.24) is 15.3 Å². The van der Waals surface area contributed by atoms with Crippen LogP contribution in [0.3, 0.4) is 0 Å². The molecule has 4 nitrogen and oxygen atoms in total. The van der Waals surface area contributed by atoms with Crippen LogP contribution in [-0.2, 0) is 11.2 Å². The minimum atomic E-state index is 0.127. The molecule has 0 spiro atoms. The minimum absolute atomic E-state index is 0.127. The van der Waals surface area contributed by atoms with Crippen molar-refractivity contribution in [3.63, 3.8) is 0 Å². The van der Waals surface area contributed by atoms with Gasteiger partial charge in [-0.2, -0.15) is 0 Å². The Kier molecular flexibility index (Phi) is 4.08. The molecule has 4 aliphatic carbocycles. The first-order valence-electron chi connectivity index (χ1n) is 8.81. The Labute approximate surface area is 142 Å². The summed E-state index contributed by atoms with van der Waals surface area (Å²) in [5, 5.41) is 4.22. The number of aryl methyl sites for hydroxylation is 1. The standard InChI is InChI=1S/C18H25N3OS/c1-23-17-19-5-4-15(20-17)2-3-16(22)21-18-9-12-6-13(10-18)8-14(7-12)11-18/h4-5,12-14H,2-3,6-11H2,1H3,(H,21,22). The Hall–Kier alpha value is -1.10. The molecule has 0 saturated heterocycles. The van der Waals surface area contributed by atoms with Gasteiger partial charge in [0.25, 0.3) is 0 Å². The third kappa shape index (κ3) is 3.25. The summed E-state index contributed by atoms with van der Waals surface area (Å²) in [6, 6.07) is 1.91. The van der Waals surface area contributed by atoms with E-state index in [9.17, 15) is 4.79 Å². The minimum Gasteiger partial charge on any atom is -0.351 e. The topological polar surface area (TPSA) is 54.9 Å². The van der Waals surface area contributed by atoms with Crippen LogP contribution in [0.25, 0.3) is 0 Å². The Balaban J connectivity index is 1.35. The summed E-state index contributed by atoms with van der Waals surface area (Å²) in [4.78, 5) is 21.1. The first kappa shape index (κ1) is 15.4. The lowest BCUT2D eigenvalue weighted by atomic mass is 9.53. The summed E-state index contributed by atoms with van der Waals surface area (Å²) >= 11 is 1.54. The van der Waals surface area contributed by atoms with Crippen molar-refractivity contribution in [2.45, 2.75) is 62.1 Å². The van der Waals surface area contributed by atoms with Crippen LogP contribution in [0.2, 0.25) is 0 Å². The monoisotopic (exact) mass is 331 g/mol. The lowest BCUT2D eigenvalue weighted by molar-refractivity contribution is -0.126. The molecule has 1 N–H and O–H groups in total. The number of hydrogen-bond acceptors (Lipinski definition) is 4. The number of nitrogens with zero attached hydrogens (tertiary/aromatic N) is 2. The number of carbonyl (C=O) groups excluding carboxylic acids is 1. The highest BCUT2D eigenvalue weighted by Gasteiger charge is 2.51. The predicted molar refractivity (Wildman–Crippen MR) is 91.2 cm³/mol. The van der Waals surface area contributed by atoms with Gasteiger partial charge in [0.15, 0.2) is 5.16 Å². The molecule has 1 heterocycles. The quantitative estimate of drug-likeness (QED) is 0.665. The maximum atomic E-state index is 12.5. The summed E-state index contributed by atoms with van der Waals surface area (Å²) in [7, 11) is 0. The molecule has 4 aliphatic rings. The molecule has 124 valence electrons. The number of hydrogen-bond donors (Lipinski definition) is 1. The van der Waals surface area contributed by atoms with Crippen LogP contribution >= 0.6 is 11.8 Å². The van der Waals surface area contributed by atoms with Gasteiger partial charge >= 0.3 is 0 Å². The summed E-state index contributed by atoms with van der Waals surface area (Å²) < 4.78 is 0. The number of amides is 1. The van der Waals surface area contributed by atoms with Gasteiger partial charge in [-0.1, -0.05) is 11.8 Å². The Morgan fingerprint density at radius 3 is 2.52 bits per heavy atom.